The lowest BCUT2D eigenvalue weighted by molar-refractivity contribution is -0.134. The molecule has 1 rings (SSSR count). The Morgan fingerprint density at radius 1 is 1.40 bits per heavy atom. The number of hydrogen-bond donors (Lipinski definition) is 0. The first-order valence-electron chi connectivity index (χ1n) is 4.10. The highest BCUT2D eigenvalue weighted by atomic mass is 16.1. The normalized spacial score (nSPS) is 22.4. The lowest BCUT2D eigenvalue weighted by Gasteiger charge is -2.43. The average Bonchev–Trinajstić information content (AvgIpc) is 1.57. The van der Waals surface area contributed by atoms with Gasteiger partial charge in [-0.15, -0.1) is 0 Å². The van der Waals surface area contributed by atoms with Gasteiger partial charge in [-0.05, 0) is 25.7 Å². The van der Waals surface area contributed by atoms with Crippen molar-refractivity contribution < 1.29 is 4.79 Å². The third kappa shape index (κ3) is 0.882. The first kappa shape index (κ1) is 7.77. The SMILES string of the molecule is CC(=O)C1(C(C)C)CCC1. The lowest BCUT2D eigenvalue weighted by atomic mass is 9.60. The van der Waals surface area contributed by atoms with Crippen molar-refractivity contribution in [2.75, 3.05) is 0 Å². The van der Waals surface area contributed by atoms with Crippen LogP contribution in [0.1, 0.15) is 40.0 Å². The van der Waals surface area contributed by atoms with Gasteiger partial charge in [0.25, 0.3) is 0 Å². The van der Waals surface area contributed by atoms with E-state index in [1.165, 1.54) is 6.42 Å². The smallest absolute Gasteiger partial charge is 0.136 e. The quantitative estimate of drug-likeness (QED) is 0.575. The van der Waals surface area contributed by atoms with Crippen LogP contribution < -0.4 is 0 Å². The number of hydrogen-bond acceptors (Lipinski definition) is 1. The van der Waals surface area contributed by atoms with Gasteiger partial charge >= 0.3 is 0 Å². The molecule has 0 aromatic heterocycles. The third-order valence-electron chi connectivity index (χ3n) is 3.05. The minimum Gasteiger partial charge on any atom is -0.299 e. The summed E-state index contributed by atoms with van der Waals surface area (Å²) in [5.74, 6) is 0.938. The monoisotopic (exact) mass is 140 g/mol. The Hall–Kier alpha value is -0.330. The van der Waals surface area contributed by atoms with Crippen molar-refractivity contribution in [2.45, 2.75) is 40.0 Å². The number of rotatable bonds is 2. The van der Waals surface area contributed by atoms with E-state index in [9.17, 15) is 4.79 Å². The Kier molecular flexibility index (Phi) is 1.84. The van der Waals surface area contributed by atoms with Crippen LogP contribution in [-0.4, -0.2) is 5.78 Å². The van der Waals surface area contributed by atoms with Crippen molar-refractivity contribution in [1.82, 2.24) is 0 Å². The fraction of sp³-hybridized carbons (Fsp3) is 0.889. The molecule has 0 bridgehead atoms. The van der Waals surface area contributed by atoms with Gasteiger partial charge < -0.3 is 0 Å². The molecule has 1 heteroatoms. The van der Waals surface area contributed by atoms with Gasteiger partial charge in [0.05, 0.1) is 0 Å². The summed E-state index contributed by atoms with van der Waals surface area (Å²) in [6, 6.07) is 0. The summed E-state index contributed by atoms with van der Waals surface area (Å²) in [4.78, 5) is 11.2. The van der Waals surface area contributed by atoms with Gasteiger partial charge in [-0.1, -0.05) is 20.3 Å². The minimum absolute atomic E-state index is 0.0833. The molecule has 1 aliphatic rings. The van der Waals surface area contributed by atoms with Crippen molar-refractivity contribution in [1.29, 1.82) is 0 Å². The molecular weight excluding hydrogens is 124 g/mol. The fourth-order valence-electron chi connectivity index (χ4n) is 1.89. The van der Waals surface area contributed by atoms with E-state index in [4.69, 9.17) is 0 Å². The summed E-state index contributed by atoms with van der Waals surface area (Å²) >= 11 is 0. The number of carbonyl (C=O) groups is 1. The van der Waals surface area contributed by atoms with Crippen LogP contribution in [0.15, 0.2) is 0 Å². The predicted molar refractivity (Wildman–Crippen MR) is 41.8 cm³/mol. The van der Waals surface area contributed by atoms with E-state index in [0.29, 0.717) is 11.7 Å². The highest BCUT2D eigenvalue weighted by molar-refractivity contribution is 5.83. The highest BCUT2D eigenvalue weighted by Crippen LogP contribution is 2.47. The van der Waals surface area contributed by atoms with Gasteiger partial charge in [-0.3, -0.25) is 4.79 Å². The summed E-state index contributed by atoms with van der Waals surface area (Å²) < 4.78 is 0. The summed E-state index contributed by atoms with van der Waals surface area (Å²) in [6.07, 6.45) is 3.50. The van der Waals surface area contributed by atoms with Gasteiger partial charge in [0.1, 0.15) is 5.78 Å². The van der Waals surface area contributed by atoms with Crippen LogP contribution in [0.5, 0.6) is 0 Å². The number of carbonyl (C=O) groups excluding carboxylic acids is 1. The zero-order valence-corrected chi connectivity index (χ0v) is 7.11. The van der Waals surface area contributed by atoms with E-state index in [0.717, 1.165) is 12.8 Å². The maximum Gasteiger partial charge on any atom is 0.136 e. The van der Waals surface area contributed by atoms with E-state index in [1.54, 1.807) is 6.92 Å². The van der Waals surface area contributed by atoms with Gasteiger partial charge in [0.2, 0.25) is 0 Å². The van der Waals surface area contributed by atoms with Crippen molar-refractivity contribution in [3.05, 3.63) is 0 Å². The fourth-order valence-corrected chi connectivity index (χ4v) is 1.89. The van der Waals surface area contributed by atoms with Crippen molar-refractivity contribution in [3.8, 4) is 0 Å². The van der Waals surface area contributed by atoms with Crippen molar-refractivity contribution in [2.24, 2.45) is 11.3 Å². The molecule has 1 nitrogen and oxygen atoms in total. The van der Waals surface area contributed by atoms with Gasteiger partial charge in [-0.2, -0.15) is 0 Å². The first-order valence-corrected chi connectivity index (χ1v) is 4.10. The van der Waals surface area contributed by atoms with Crippen LogP contribution in [0, 0.1) is 11.3 Å². The average molecular weight is 140 g/mol. The molecule has 0 N–H and O–H groups in total. The summed E-state index contributed by atoms with van der Waals surface area (Å²) in [5.41, 5.74) is 0.0833. The topological polar surface area (TPSA) is 17.1 Å². The van der Waals surface area contributed by atoms with Gasteiger partial charge in [0, 0.05) is 5.41 Å². The molecule has 0 heterocycles. The predicted octanol–water partition coefficient (Wildman–Crippen LogP) is 2.40. The maximum absolute atomic E-state index is 11.2. The Balaban J connectivity index is 2.68. The largest absolute Gasteiger partial charge is 0.299 e. The zero-order valence-electron chi connectivity index (χ0n) is 7.11. The minimum atomic E-state index is 0.0833. The summed E-state index contributed by atoms with van der Waals surface area (Å²) in [7, 11) is 0. The molecule has 1 saturated carbocycles. The molecular formula is C9H16O. The van der Waals surface area contributed by atoms with Crippen LogP contribution in [-0.2, 0) is 4.79 Å². The second-order valence-corrected chi connectivity index (χ2v) is 3.72. The molecule has 58 valence electrons. The van der Waals surface area contributed by atoms with Gasteiger partial charge in [-0.25, -0.2) is 0 Å². The maximum atomic E-state index is 11.2. The lowest BCUT2D eigenvalue weighted by Crippen LogP contribution is -2.41. The molecule has 1 fully saturated rings. The Morgan fingerprint density at radius 3 is 1.90 bits per heavy atom. The zero-order chi connectivity index (χ0) is 7.78. The molecule has 0 aromatic rings. The Bertz CT molecular complexity index is 143. The van der Waals surface area contributed by atoms with Gasteiger partial charge in [0.15, 0.2) is 0 Å². The molecule has 0 amide bonds. The van der Waals surface area contributed by atoms with Crippen LogP contribution >= 0.6 is 0 Å². The van der Waals surface area contributed by atoms with Crippen LogP contribution in [0.3, 0.4) is 0 Å². The summed E-state index contributed by atoms with van der Waals surface area (Å²) in [6.45, 7) is 6.04. The van der Waals surface area contributed by atoms with E-state index < -0.39 is 0 Å². The summed E-state index contributed by atoms with van der Waals surface area (Å²) in [5, 5.41) is 0. The molecule has 0 radical (unpaired) electrons. The Labute approximate surface area is 62.8 Å². The Morgan fingerprint density at radius 2 is 1.90 bits per heavy atom. The molecule has 0 unspecified atom stereocenters. The van der Waals surface area contributed by atoms with Crippen LogP contribution in [0.25, 0.3) is 0 Å². The molecule has 0 spiro atoms. The molecule has 0 atom stereocenters. The second kappa shape index (κ2) is 2.37. The van der Waals surface area contributed by atoms with Crippen LogP contribution in [0.2, 0.25) is 0 Å². The van der Waals surface area contributed by atoms with Crippen molar-refractivity contribution in [3.63, 3.8) is 0 Å². The first-order chi connectivity index (χ1) is 4.59. The molecule has 10 heavy (non-hydrogen) atoms. The van der Waals surface area contributed by atoms with E-state index in [-0.39, 0.29) is 5.41 Å². The standard InChI is InChI=1S/C9H16O/c1-7(2)9(8(3)10)5-4-6-9/h7H,4-6H2,1-3H3. The van der Waals surface area contributed by atoms with E-state index in [2.05, 4.69) is 13.8 Å². The van der Waals surface area contributed by atoms with E-state index >= 15 is 0 Å². The van der Waals surface area contributed by atoms with Crippen LogP contribution in [0.4, 0.5) is 0 Å². The highest BCUT2D eigenvalue weighted by Gasteiger charge is 2.43. The molecule has 0 saturated heterocycles. The van der Waals surface area contributed by atoms with Crippen molar-refractivity contribution >= 4 is 5.78 Å². The second-order valence-electron chi connectivity index (χ2n) is 3.72. The number of Topliss-reactive ketones (excluding diaryl/α,β-unsaturated/α-hetero) is 1. The molecule has 0 aliphatic heterocycles. The molecule has 1 aliphatic carbocycles. The third-order valence-corrected chi connectivity index (χ3v) is 3.05. The van der Waals surface area contributed by atoms with E-state index in [1.807, 2.05) is 0 Å². The number of ketones is 1. The molecule has 0 aromatic carbocycles.